The van der Waals surface area contributed by atoms with E-state index in [0.717, 1.165) is 11.1 Å². The lowest BCUT2D eigenvalue weighted by molar-refractivity contribution is 0.142. The zero-order valence-electron chi connectivity index (χ0n) is 13.5. The van der Waals surface area contributed by atoms with Crippen molar-refractivity contribution in [1.29, 1.82) is 0 Å². The van der Waals surface area contributed by atoms with Crippen molar-refractivity contribution in [2.75, 3.05) is 7.05 Å². The van der Waals surface area contributed by atoms with E-state index in [1.54, 1.807) is 0 Å². The predicted molar refractivity (Wildman–Crippen MR) is 87.1 cm³/mol. The van der Waals surface area contributed by atoms with E-state index < -0.39 is 0 Å². The van der Waals surface area contributed by atoms with Crippen LogP contribution in [0.25, 0.3) is 0 Å². The Bertz CT molecular complexity index is 427. The van der Waals surface area contributed by atoms with Gasteiger partial charge < -0.3 is 9.88 Å². The summed E-state index contributed by atoms with van der Waals surface area (Å²) in [4.78, 5) is 4.48. The van der Waals surface area contributed by atoms with Crippen molar-refractivity contribution in [2.45, 2.75) is 62.9 Å². The van der Waals surface area contributed by atoms with E-state index >= 15 is 0 Å². The van der Waals surface area contributed by atoms with E-state index in [4.69, 9.17) is 0 Å². The Kier molecular flexibility index (Phi) is 5.19. The molecule has 3 atom stereocenters. The van der Waals surface area contributed by atoms with Gasteiger partial charge in [-0.2, -0.15) is 0 Å². The molecule has 1 aromatic rings. The van der Waals surface area contributed by atoms with Gasteiger partial charge in [0.15, 0.2) is 5.16 Å². The van der Waals surface area contributed by atoms with E-state index in [9.17, 15) is 0 Å². The zero-order chi connectivity index (χ0) is 14.8. The third-order valence-corrected chi connectivity index (χ3v) is 6.64. The Morgan fingerprint density at radius 1 is 1.45 bits per heavy atom. The molecule has 0 spiro atoms. The number of aryl methyl sites for hydroxylation is 1. The van der Waals surface area contributed by atoms with Crippen LogP contribution in [0.15, 0.2) is 17.6 Å². The Labute approximate surface area is 127 Å². The van der Waals surface area contributed by atoms with Gasteiger partial charge in [-0.15, -0.1) is 0 Å². The number of thioether (sulfide) groups is 1. The molecule has 4 heteroatoms. The zero-order valence-corrected chi connectivity index (χ0v) is 14.3. The van der Waals surface area contributed by atoms with Crippen molar-refractivity contribution in [3.8, 4) is 0 Å². The molecule has 0 aromatic carbocycles. The predicted octanol–water partition coefficient (Wildman–Crippen LogP) is 3.71. The smallest absolute Gasteiger partial charge is 0.167 e. The summed E-state index contributed by atoms with van der Waals surface area (Å²) in [5, 5.41) is 5.29. The average Bonchev–Trinajstić information content (AvgIpc) is 2.84. The van der Waals surface area contributed by atoms with Gasteiger partial charge in [0.2, 0.25) is 0 Å². The summed E-state index contributed by atoms with van der Waals surface area (Å²) >= 11 is 1.95. The minimum absolute atomic E-state index is 0.457. The minimum atomic E-state index is 0.457. The molecule has 0 bridgehead atoms. The summed E-state index contributed by atoms with van der Waals surface area (Å²) in [6.07, 6.45) is 9.13. The first-order chi connectivity index (χ1) is 9.47. The fraction of sp³-hybridized carbons (Fsp3) is 0.812. The standard InChI is InChI=1S/C16H29N3S/c1-6-16(2,3)12-7-8-13(17-4)14(11-12)20-15-18-9-10-19(15)5/h9-10,12-14,17H,6-8,11H2,1-5H3. The first-order valence-electron chi connectivity index (χ1n) is 7.79. The third kappa shape index (κ3) is 3.40. The maximum absolute atomic E-state index is 4.48. The summed E-state index contributed by atoms with van der Waals surface area (Å²) in [5.41, 5.74) is 0.457. The molecule has 1 fully saturated rings. The van der Waals surface area contributed by atoms with Crippen LogP contribution in [0.1, 0.15) is 46.5 Å². The Hall–Kier alpha value is -0.480. The Morgan fingerprint density at radius 2 is 2.20 bits per heavy atom. The summed E-state index contributed by atoms with van der Waals surface area (Å²) in [6.45, 7) is 7.19. The van der Waals surface area contributed by atoms with Crippen LogP contribution >= 0.6 is 11.8 Å². The van der Waals surface area contributed by atoms with Crippen LogP contribution in [-0.4, -0.2) is 27.9 Å². The maximum Gasteiger partial charge on any atom is 0.167 e. The van der Waals surface area contributed by atoms with Crippen LogP contribution in [0, 0.1) is 11.3 Å². The number of imidazole rings is 1. The number of nitrogens with one attached hydrogen (secondary N) is 1. The van der Waals surface area contributed by atoms with E-state index in [1.807, 2.05) is 24.2 Å². The number of aromatic nitrogens is 2. The molecule has 1 aliphatic carbocycles. The fourth-order valence-corrected chi connectivity index (χ4v) is 4.57. The van der Waals surface area contributed by atoms with Crippen LogP contribution < -0.4 is 5.32 Å². The van der Waals surface area contributed by atoms with Crippen molar-refractivity contribution in [3.05, 3.63) is 12.4 Å². The summed E-state index contributed by atoms with van der Waals surface area (Å²) in [6, 6.07) is 0.612. The molecule has 20 heavy (non-hydrogen) atoms. The monoisotopic (exact) mass is 295 g/mol. The van der Waals surface area contributed by atoms with E-state index in [2.05, 4.69) is 49.7 Å². The highest BCUT2D eigenvalue weighted by molar-refractivity contribution is 7.99. The molecule has 1 heterocycles. The van der Waals surface area contributed by atoms with Crippen LogP contribution in [-0.2, 0) is 7.05 Å². The van der Waals surface area contributed by atoms with Gasteiger partial charge in [0, 0.05) is 30.7 Å². The van der Waals surface area contributed by atoms with Crippen molar-refractivity contribution in [1.82, 2.24) is 14.9 Å². The highest BCUT2D eigenvalue weighted by Gasteiger charge is 2.37. The van der Waals surface area contributed by atoms with E-state index in [-0.39, 0.29) is 0 Å². The first-order valence-corrected chi connectivity index (χ1v) is 8.67. The van der Waals surface area contributed by atoms with Crippen LogP contribution in [0.4, 0.5) is 0 Å². The number of rotatable bonds is 5. The molecular weight excluding hydrogens is 266 g/mol. The molecular formula is C16H29N3S. The molecule has 1 aromatic heterocycles. The highest BCUT2D eigenvalue weighted by atomic mass is 32.2. The lowest BCUT2D eigenvalue weighted by Gasteiger charge is -2.42. The summed E-state index contributed by atoms with van der Waals surface area (Å²) < 4.78 is 2.13. The topological polar surface area (TPSA) is 29.9 Å². The molecule has 3 unspecified atom stereocenters. The largest absolute Gasteiger partial charge is 0.329 e. The second kappa shape index (κ2) is 6.52. The van der Waals surface area contributed by atoms with Gasteiger partial charge in [-0.05, 0) is 37.6 Å². The van der Waals surface area contributed by atoms with Crippen molar-refractivity contribution in [2.24, 2.45) is 18.4 Å². The van der Waals surface area contributed by atoms with Gasteiger partial charge in [-0.3, -0.25) is 0 Å². The minimum Gasteiger partial charge on any atom is -0.329 e. The molecule has 3 nitrogen and oxygen atoms in total. The summed E-state index contributed by atoms with van der Waals surface area (Å²) in [7, 11) is 4.18. The third-order valence-electron chi connectivity index (χ3n) is 5.21. The van der Waals surface area contributed by atoms with Crippen molar-refractivity contribution in [3.63, 3.8) is 0 Å². The van der Waals surface area contributed by atoms with Gasteiger partial charge >= 0.3 is 0 Å². The van der Waals surface area contributed by atoms with Crippen LogP contribution in [0.5, 0.6) is 0 Å². The van der Waals surface area contributed by atoms with Gasteiger partial charge in [0.25, 0.3) is 0 Å². The molecule has 0 amide bonds. The molecule has 0 aliphatic heterocycles. The molecule has 1 aliphatic rings. The molecule has 2 rings (SSSR count). The lowest BCUT2D eigenvalue weighted by Crippen LogP contribution is -2.43. The molecule has 0 radical (unpaired) electrons. The Morgan fingerprint density at radius 3 is 2.75 bits per heavy atom. The highest BCUT2D eigenvalue weighted by Crippen LogP contribution is 2.44. The second-order valence-electron chi connectivity index (χ2n) is 6.72. The first kappa shape index (κ1) is 15.9. The van der Waals surface area contributed by atoms with Gasteiger partial charge in [0.05, 0.1) is 0 Å². The number of hydrogen-bond donors (Lipinski definition) is 1. The molecule has 1 saturated carbocycles. The maximum atomic E-state index is 4.48. The van der Waals surface area contributed by atoms with Gasteiger partial charge in [-0.1, -0.05) is 39.0 Å². The average molecular weight is 295 g/mol. The van der Waals surface area contributed by atoms with Crippen LogP contribution in [0.2, 0.25) is 0 Å². The normalized spacial score (nSPS) is 27.8. The quantitative estimate of drug-likeness (QED) is 0.898. The van der Waals surface area contributed by atoms with Gasteiger partial charge in [0.1, 0.15) is 0 Å². The SMILES string of the molecule is CCC(C)(C)C1CCC(NC)C(Sc2nccn2C)C1. The van der Waals surface area contributed by atoms with Crippen LogP contribution in [0.3, 0.4) is 0 Å². The van der Waals surface area contributed by atoms with E-state index in [1.165, 1.54) is 25.7 Å². The van der Waals surface area contributed by atoms with E-state index in [0.29, 0.717) is 16.7 Å². The second-order valence-corrected chi connectivity index (χ2v) is 7.93. The van der Waals surface area contributed by atoms with Crippen molar-refractivity contribution < 1.29 is 0 Å². The lowest BCUT2D eigenvalue weighted by atomic mass is 9.68. The number of hydrogen-bond acceptors (Lipinski definition) is 3. The number of nitrogens with zero attached hydrogens (tertiary/aromatic N) is 2. The molecule has 114 valence electrons. The van der Waals surface area contributed by atoms with Crippen molar-refractivity contribution >= 4 is 11.8 Å². The van der Waals surface area contributed by atoms with Gasteiger partial charge in [-0.25, -0.2) is 4.98 Å². The Balaban J connectivity index is 2.09. The fourth-order valence-electron chi connectivity index (χ4n) is 3.19. The molecule has 0 saturated heterocycles. The summed E-state index contributed by atoms with van der Waals surface area (Å²) in [5.74, 6) is 0.829. The molecule has 1 N–H and O–H groups in total.